The molecule has 0 bridgehead atoms. The van der Waals surface area contributed by atoms with E-state index in [0.29, 0.717) is 5.65 Å². The van der Waals surface area contributed by atoms with E-state index in [2.05, 4.69) is 80.8 Å². The van der Waals surface area contributed by atoms with Crippen LogP contribution in [0.4, 0.5) is 0 Å². The Morgan fingerprint density at radius 3 is 2.06 bits per heavy atom. The third-order valence-electron chi connectivity index (χ3n) is 6.19. The van der Waals surface area contributed by atoms with Gasteiger partial charge in [0.25, 0.3) is 0 Å². The maximum Gasteiger partial charge on any atom is 0.199 e. The highest BCUT2D eigenvalue weighted by Gasteiger charge is 2.19. The van der Waals surface area contributed by atoms with Crippen LogP contribution in [-0.4, -0.2) is 19.5 Å². The Kier molecular flexibility index (Phi) is 5.45. The van der Waals surface area contributed by atoms with Crippen molar-refractivity contribution in [3.05, 3.63) is 83.9 Å². The van der Waals surface area contributed by atoms with Crippen LogP contribution in [0.1, 0.15) is 51.7 Å². The molecule has 0 unspecified atom stereocenters. The molecule has 0 atom stereocenters. The van der Waals surface area contributed by atoms with Gasteiger partial charge in [-0.3, -0.25) is 4.57 Å². The van der Waals surface area contributed by atoms with Crippen molar-refractivity contribution in [1.82, 2.24) is 19.5 Å². The first-order valence-corrected chi connectivity index (χ1v) is 11.8. The zero-order valence-electron chi connectivity index (χ0n) is 19.8. The summed E-state index contributed by atoms with van der Waals surface area (Å²) in [5.41, 5.74) is 8.06. The molecule has 0 N–H and O–H groups in total. The molecule has 4 nitrogen and oxygen atoms in total. The maximum atomic E-state index is 4.97. The Morgan fingerprint density at radius 1 is 0.758 bits per heavy atom. The van der Waals surface area contributed by atoms with Gasteiger partial charge in [0.05, 0.1) is 11.0 Å². The van der Waals surface area contributed by atoms with Gasteiger partial charge in [-0.05, 0) is 53.6 Å². The molecule has 5 aromatic rings. The lowest BCUT2D eigenvalue weighted by molar-refractivity contribution is 0.590. The predicted octanol–water partition coefficient (Wildman–Crippen LogP) is 7.28. The second-order valence-electron chi connectivity index (χ2n) is 9.73. The van der Waals surface area contributed by atoms with Crippen molar-refractivity contribution in [1.29, 1.82) is 0 Å². The van der Waals surface area contributed by atoms with Gasteiger partial charge in [-0.2, -0.15) is 0 Å². The SMILES string of the molecule is CCCCc1ccc(-n2c(-c3ccc(C(C)(C)C)cc3)nc3nc4ccccc4nc32)cc1. The van der Waals surface area contributed by atoms with Crippen LogP contribution in [0.25, 0.3) is 39.4 Å². The zero-order chi connectivity index (χ0) is 23.0. The van der Waals surface area contributed by atoms with E-state index in [1.54, 1.807) is 0 Å². The second kappa shape index (κ2) is 8.43. The van der Waals surface area contributed by atoms with E-state index in [0.717, 1.165) is 40.2 Å². The Balaban J connectivity index is 1.70. The number of benzene rings is 3. The first kappa shape index (κ1) is 21.3. The fourth-order valence-electron chi connectivity index (χ4n) is 4.21. The molecule has 0 aliphatic heterocycles. The smallest absolute Gasteiger partial charge is 0.199 e. The van der Waals surface area contributed by atoms with Crippen LogP contribution in [-0.2, 0) is 11.8 Å². The summed E-state index contributed by atoms with van der Waals surface area (Å²) in [6, 6.07) is 25.5. The van der Waals surface area contributed by atoms with Crippen LogP contribution >= 0.6 is 0 Å². The number of aromatic nitrogens is 4. The van der Waals surface area contributed by atoms with E-state index in [4.69, 9.17) is 15.0 Å². The minimum absolute atomic E-state index is 0.105. The molecule has 0 fully saturated rings. The average molecular weight is 435 g/mol. The van der Waals surface area contributed by atoms with Gasteiger partial charge in [-0.25, -0.2) is 15.0 Å². The standard InChI is InChI=1S/C29H30N4/c1-5-6-9-20-12-18-23(19-13-20)33-27(21-14-16-22(17-15-21)29(2,3)4)32-26-28(33)31-25-11-8-7-10-24(25)30-26/h7-8,10-19H,5-6,9H2,1-4H3. The summed E-state index contributed by atoms with van der Waals surface area (Å²) in [6.07, 6.45) is 3.51. The summed E-state index contributed by atoms with van der Waals surface area (Å²) in [6.45, 7) is 8.93. The number of imidazole rings is 1. The van der Waals surface area contributed by atoms with Crippen molar-refractivity contribution < 1.29 is 0 Å². The molecule has 0 radical (unpaired) electrons. The third-order valence-corrected chi connectivity index (χ3v) is 6.19. The minimum atomic E-state index is 0.105. The number of fused-ring (bicyclic) bond motifs is 2. The molecule has 33 heavy (non-hydrogen) atoms. The summed E-state index contributed by atoms with van der Waals surface area (Å²) >= 11 is 0. The fraction of sp³-hybridized carbons (Fsp3) is 0.276. The molecule has 4 heteroatoms. The summed E-state index contributed by atoms with van der Waals surface area (Å²) in [5, 5.41) is 0. The van der Waals surface area contributed by atoms with Gasteiger partial charge in [0.2, 0.25) is 0 Å². The van der Waals surface area contributed by atoms with E-state index < -0.39 is 0 Å². The molecule has 166 valence electrons. The molecule has 0 aliphatic carbocycles. The van der Waals surface area contributed by atoms with E-state index in [9.17, 15) is 0 Å². The number of hydrogen-bond acceptors (Lipinski definition) is 3. The Morgan fingerprint density at radius 2 is 1.42 bits per heavy atom. The Bertz CT molecular complexity index is 1410. The number of unbranched alkanes of at least 4 members (excludes halogenated alkanes) is 1. The van der Waals surface area contributed by atoms with E-state index in [-0.39, 0.29) is 5.41 Å². The molecule has 0 saturated carbocycles. The lowest BCUT2D eigenvalue weighted by atomic mass is 9.87. The molecule has 5 rings (SSSR count). The van der Waals surface area contributed by atoms with Crippen LogP contribution in [0.15, 0.2) is 72.8 Å². The monoisotopic (exact) mass is 434 g/mol. The highest BCUT2D eigenvalue weighted by atomic mass is 15.2. The zero-order valence-corrected chi connectivity index (χ0v) is 19.8. The maximum absolute atomic E-state index is 4.97. The normalized spacial score (nSPS) is 12.0. The summed E-state index contributed by atoms with van der Waals surface area (Å²) in [7, 11) is 0. The first-order valence-electron chi connectivity index (χ1n) is 11.8. The van der Waals surface area contributed by atoms with E-state index in [1.807, 2.05) is 24.3 Å². The quantitative estimate of drug-likeness (QED) is 0.292. The number of aryl methyl sites for hydroxylation is 1. The number of para-hydroxylation sites is 2. The van der Waals surface area contributed by atoms with Crippen LogP contribution in [0.3, 0.4) is 0 Å². The first-order chi connectivity index (χ1) is 15.9. The van der Waals surface area contributed by atoms with Crippen molar-refractivity contribution in [2.45, 2.75) is 52.4 Å². The van der Waals surface area contributed by atoms with Gasteiger partial charge < -0.3 is 0 Å². The molecular weight excluding hydrogens is 404 g/mol. The van der Waals surface area contributed by atoms with Crippen molar-refractivity contribution in [2.24, 2.45) is 0 Å². The van der Waals surface area contributed by atoms with Crippen LogP contribution in [0.5, 0.6) is 0 Å². The van der Waals surface area contributed by atoms with Gasteiger partial charge >= 0.3 is 0 Å². The van der Waals surface area contributed by atoms with Crippen molar-refractivity contribution in [3.63, 3.8) is 0 Å². The summed E-state index contributed by atoms with van der Waals surface area (Å²) in [4.78, 5) is 14.8. The molecule has 0 aliphatic rings. The second-order valence-corrected chi connectivity index (χ2v) is 9.73. The van der Waals surface area contributed by atoms with Crippen molar-refractivity contribution >= 4 is 22.3 Å². The van der Waals surface area contributed by atoms with Gasteiger partial charge in [0.1, 0.15) is 5.82 Å². The van der Waals surface area contributed by atoms with Crippen LogP contribution < -0.4 is 0 Å². The average Bonchev–Trinajstić information content (AvgIpc) is 3.19. The highest BCUT2D eigenvalue weighted by molar-refractivity contribution is 5.86. The van der Waals surface area contributed by atoms with E-state index in [1.165, 1.54) is 24.0 Å². The number of hydrogen-bond donors (Lipinski definition) is 0. The van der Waals surface area contributed by atoms with E-state index >= 15 is 0 Å². The van der Waals surface area contributed by atoms with Gasteiger partial charge in [0, 0.05) is 11.3 Å². The molecule has 3 aromatic carbocycles. The van der Waals surface area contributed by atoms with Gasteiger partial charge in [-0.15, -0.1) is 0 Å². The molecule has 0 spiro atoms. The third kappa shape index (κ3) is 4.13. The molecule has 2 heterocycles. The van der Waals surface area contributed by atoms with Crippen LogP contribution in [0, 0.1) is 0 Å². The van der Waals surface area contributed by atoms with Gasteiger partial charge in [0.15, 0.2) is 11.3 Å². The minimum Gasteiger partial charge on any atom is -0.275 e. The van der Waals surface area contributed by atoms with Crippen molar-refractivity contribution in [2.75, 3.05) is 0 Å². The summed E-state index contributed by atoms with van der Waals surface area (Å²) in [5.74, 6) is 0.863. The molecule has 0 saturated heterocycles. The molecular formula is C29H30N4. The lowest BCUT2D eigenvalue weighted by Crippen LogP contribution is -2.10. The van der Waals surface area contributed by atoms with Crippen LogP contribution in [0.2, 0.25) is 0 Å². The Hall–Kier alpha value is -3.53. The van der Waals surface area contributed by atoms with Crippen molar-refractivity contribution in [3.8, 4) is 17.1 Å². The summed E-state index contributed by atoms with van der Waals surface area (Å²) < 4.78 is 2.14. The fourth-order valence-corrected chi connectivity index (χ4v) is 4.21. The van der Waals surface area contributed by atoms with Gasteiger partial charge in [-0.1, -0.05) is 82.6 Å². The highest BCUT2D eigenvalue weighted by Crippen LogP contribution is 2.30. The largest absolute Gasteiger partial charge is 0.275 e. The molecule has 2 aromatic heterocycles. The number of rotatable bonds is 5. The molecule has 0 amide bonds. The lowest BCUT2D eigenvalue weighted by Gasteiger charge is -2.19. The topological polar surface area (TPSA) is 43.6 Å². The number of nitrogens with zero attached hydrogens (tertiary/aromatic N) is 4. The Labute approximate surface area is 195 Å². The predicted molar refractivity (Wildman–Crippen MR) is 137 cm³/mol.